The van der Waals surface area contributed by atoms with Gasteiger partial charge in [0.15, 0.2) is 0 Å². The number of carbonyl (C=O) groups excluding carboxylic acids is 2. The molecule has 11 heteroatoms. The number of nitrogens with one attached hydrogen (secondary N) is 3. The topological polar surface area (TPSA) is 139 Å². The number of hydrogen-bond donors (Lipinski definition) is 3. The van der Waals surface area contributed by atoms with Crippen molar-refractivity contribution in [3.63, 3.8) is 0 Å². The highest BCUT2D eigenvalue weighted by molar-refractivity contribution is 7.89. The highest BCUT2D eigenvalue weighted by atomic mass is 32.2. The van der Waals surface area contributed by atoms with Crippen LogP contribution in [-0.2, 0) is 19.6 Å². The number of anilines is 1. The molecule has 2 heterocycles. The molecule has 1 saturated heterocycles. The van der Waals surface area contributed by atoms with Gasteiger partial charge in [-0.2, -0.15) is 0 Å². The maximum Gasteiger partial charge on any atom is 0.264 e. The summed E-state index contributed by atoms with van der Waals surface area (Å²) >= 11 is 0. The van der Waals surface area contributed by atoms with Gasteiger partial charge in [0.05, 0.1) is 16.7 Å². The third-order valence-electron chi connectivity index (χ3n) is 8.72. The van der Waals surface area contributed by atoms with Crippen LogP contribution in [0.2, 0.25) is 0 Å². The second-order valence-corrected chi connectivity index (χ2v) is 13.4. The fourth-order valence-corrected chi connectivity index (χ4v) is 9.12. The standard InChI is InChI=1S/C26H33N5O5S/c1-15-28-20-4-2-3-19(23(20)25(34)31(15)21-5-6-22(32)29-24(21)33)27-7-8-37(35,36)30-26-12-16-9-17(13-26)11-18(10-16)14-26/h2-4,16-18,21,27,30H,5-14H2,1H3,(H,29,32,33). The number of fused-ring (bicyclic) bond motifs is 1. The SMILES string of the molecule is Cc1nc2cccc(NCCS(=O)(=O)NC34CC5CC(CC(C5)C3)C4)c2c(=O)n1C1CCC(=O)NC1=O. The molecule has 7 rings (SSSR count). The molecule has 10 nitrogen and oxygen atoms in total. The Morgan fingerprint density at radius 1 is 1.08 bits per heavy atom. The molecule has 2 aromatic rings. The Hall–Kier alpha value is -2.79. The first-order chi connectivity index (χ1) is 17.6. The van der Waals surface area contributed by atoms with Crippen molar-refractivity contribution in [1.29, 1.82) is 0 Å². The lowest BCUT2D eigenvalue weighted by Gasteiger charge is -2.56. The maximum atomic E-state index is 13.6. The van der Waals surface area contributed by atoms with Crippen LogP contribution in [0.15, 0.2) is 23.0 Å². The largest absolute Gasteiger partial charge is 0.383 e. The summed E-state index contributed by atoms with van der Waals surface area (Å²) in [7, 11) is -3.52. The molecule has 0 radical (unpaired) electrons. The Kier molecular flexibility index (Phi) is 5.91. The molecule has 4 bridgehead atoms. The van der Waals surface area contributed by atoms with Crippen LogP contribution in [0.3, 0.4) is 0 Å². The number of carbonyl (C=O) groups is 2. The van der Waals surface area contributed by atoms with Crippen LogP contribution in [0.1, 0.15) is 63.2 Å². The molecule has 1 aromatic heterocycles. The van der Waals surface area contributed by atoms with E-state index in [0.717, 1.165) is 19.3 Å². The molecule has 1 aliphatic heterocycles. The number of amides is 2. The molecular formula is C26H33N5O5S. The van der Waals surface area contributed by atoms with Gasteiger partial charge in [0, 0.05) is 24.2 Å². The van der Waals surface area contributed by atoms with E-state index in [-0.39, 0.29) is 36.6 Å². The average molecular weight is 528 g/mol. The summed E-state index contributed by atoms with van der Waals surface area (Å²) in [6.45, 7) is 1.79. The smallest absolute Gasteiger partial charge is 0.264 e. The van der Waals surface area contributed by atoms with Crippen LogP contribution in [-0.4, -0.2) is 47.6 Å². The molecular weight excluding hydrogens is 494 g/mol. The second kappa shape index (κ2) is 8.90. The van der Waals surface area contributed by atoms with Gasteiger partial charge in [0.25, 0.3) is 5.56 Å². The Morgan fingerprint density at radius 3 is 2.41 bits per heavy atom. The Balaban J connectivity index is 1.20. The number of aromatic nitrogens is 2. The van der Waals surface area contributed by atoms with Crippen molar-refractivity contribution in [1.82, 2.24) is 19.6 Å². The van der Waals surface area contributed by atoms with Crippen molar-refractivity contribution in [2.24, 2.45) is 17.8 Å². The number of benzene rings is 1. The minimum absolute atomic E-state index is 0.105. The van der Waals surface area contributed by atoms with E-state index in [0.29, 0.717) is 40.2 Å². The molecule has 5 aliphatic rings. The normalized spacial score (nSPS) is 31.1. The summed E-state index contributed by atoms with van der Waals surface area (Å²) in [5, 5.41) is 5.72. The molecule has 4 aliphatic carbocycles. The minimum Gasteiger partial charge on any atom is -0.383 e. The van der Waals surface area contributed by atoms with Crippen molar-refractivity contribution in [2.45, 2.75) is 69.9 Å². The van der Waals surface area contributed by atoms with Gasteiger partial charge in [0.1, 0.15) is 11.9 Å². The molecule has 5 fully saturated rings. The third kappa shape index (κ3) is 4.56. The zero-order valence-electron chi connectivity index (χ0n) is 21.0. The maximum absolute atomic E-state index is 13.6. The van der Waals surface area contributed by atoms with Crippen molar-refractivity contribution < 1.29 is 18.0 Å². The first-order valence-corrected chi connectivity index (χ1v) is 14.9. The Morgan fingerprint density at radius 2 is 1.76 bits per heavy atom. The summed E-state index contributed by atoms with van der Waals surface area (Å²) in [6, 6.07) is 4.37. The molecule has 1 aromatic carbocycles. The van der Waals surface area contributed by atoms with Crippen LogP contribution >= 0.6 is 0 Å². The quantitative estimate of drug-likeness (QED) is 0.468. The second-order valence-electron chi connectivity index (χ2n) is 11.5. The van der Waals surface area contributed by atoms with Crippen LogP contribution in [0.4, 0.5) is 5.69 Å². The molecule has 2 amide bonds. The van der Waals surface area contributed by atoms with Gasteiger partial charge in [-0.3, -0.25) is 24.3 Å². The van der Waals surface area contributed by atoms with Gasteiger partial charge in [-0.15, -0.1) is 0 Å². The van der Waals surface area contributed by atoms with Crippen LogP contribution < -0.4 is 20.9 Å². The van der Waals surface area contributed by atoms with Gasteiger partial charge in [-0.05, 0) is 81.8 Å². The van der Waals surface area contributed by atoms with Gasteiger partial charge in [-0.1, -0.05) is 6.07 Å². The van der Waals surface area contributed by atoms with E-state index in [9.17, 15) is 22.8 Å². The van der Waals surface area contributed by atoms with Crippen molar-refractivity contribution in [3.05, 3.63) is 34.4 Å². The predicted molar refractivity (Wildman–Crippen MR) is 138 cm³/mol. The number of rotatable bonds is 7. The molecule has 1 atom stereocenters. The third-order valence-corrected chi connectivity index (χ3v) is 10.2. The number of imide groups is 1. The summed E-state index contributed by atoms with van der Waals surface area (Å²) < 4.78 is 30.6. The average Bonchev–Trinajstić information content (AvgIpc) is 2.78. The molecule has 4 saturated carbocycles. The Bertz CT molecular complexity index is 1410. The summed E-state index contributed by atoms with van der Waals surface area (Å²) in [4.78, 5) is 42.1. The lowest BCUT2D eigenvalue weighted by atomic mass is 9.53. The fourth-order valence-electron chi connectivity index (χ4n) is 7.73. The number of piperidine rings is 1. The summed E-state index contributed by atoms with van der Waals surface area (Å²) in [5.74, 6) is 1.33. The van der Waals surface area contributed by atoms with Crippen molar-refractivity contribution >= 4 is 38.4 Å². The molecule has 1 unspecified atom stereocenters. The lowest BCUT2D eigenvalue weighted by Crippen LogP contribution is -2.60. The fraction of sp³-hybridized carbons (Fsp3) is 0.615. The molecule has 0 spiro atoms. The zero-order valence-corrected chi connectivity index (χ0v) is 21.8. The van der Waals surface area contributed by atoms with E-state index >= 15 is 0 Å². The van der Waals surface area contributed by atoms with E-state index < -0.39 is 27.5 Å². The lowest BCUT2D eigenvalue weighted by molar-refractivity contribution is -0.135. The molecule has 198 valence electrons. The number of hydrogen-bond acceptors (Lipinski definition) is 7. The van der Waals surface area contributed by atoms with Crippen LogP contribution in [0.5, 0.6) is 0 Å². The minimum atomic E-state index is -3.52. The van der Waals surface area contributed by atoms with E-state index in [1.807, 2.05) is 0 Å². The van der Waals surface area contributed by atoms with Crippen molar-refractivity contribution in [3.8, 4) is 0 Å². The van der Waals surface area contributed by atoms with Crippen molar-refractivity contribution in [2.75, 3.05) is 17.6 Å². The van der Waals surface area contributed by atoms with E-state index in [1.54, 1.807) is 25.1 Å². The number of aryl methyl sites for hydroxylation is 1. The molecule has 3 N–H and O–H groups in total. The van der Waals surface area contributed by atoms with Crippen LogP contribution in [0.25, 0.3) is 10.9 Å². The molecule has 37 heavy (non-hydrogen) atoms. The highest BCUT2D eigenvalue weighted by Crippen LogP contribution is 2.55. The zero-order chi connectivity index (χ0) is 25.9. The van der Waals surface area contributed by atoms with Gasteiger partial charge in [-0.25, -0.2) is 18.1 Å². The first kappa shape index (κ1) is 24.5. The number of nitrogens with zero attached hydrogens (tertiary/aromatic N) is 2. The van der Waals surface area contributed by atoms with E-state index in [4.69, 9.17) is 0 Å². The van der Waals surface area contributed by atoms with Crippen LogP contribution in [0, 0.1) is 24.7 Å². The van der Waals surface area contributed by atoms with Gasteiger partial charge in [0.2, 0.25) is 21.8 Å². The highest BCUT2D eigenvalue weighted by Gasteiger charge is 2.52. The van der Waals surface area contributed by atoms with Gasteiger partial charge >= 0.3 is 0 Å². The van der Waals surface area contributed by atoms with E-state index in [2.05, 4.69) is 20.3 Å². The Labute approximate surface area is 215 Å². The summed E-state index contributed by atoms with van der Waals surface area (Å²) in [6.07, 6.45) is 6.94. The van der Waals surface area contributed by atoms with Gasteiger partial charge < -0.3 is 5.32 Å². The first-order valence-electron chi connectivity index (χ1n) is 13.2. The van der Waals surface area contributed by atoms with E-state index in [1.165, 1.54) is 23.8 Å². The number of sulfonamides is 1. The predicted octanol–water partition coefficient (Wildman–Crippen LogP) is 1.98. The monoisotopic (exact) mass is 527 g/mol. The summed E-state index contributed by atoms with van der Waals surface area (Å²) in [5.41, 5.74) is 0.255.